The molecule has 102 valence electrons. The number of ether oxygens (including phenoxy) is 1. The molecule has 0 unspecified atom stereocenters. The van der Waals surface area contributed by atoms with E-state index in [1.807, 2.05) is 6.92 Å². The zero-order chi connectivity index (χ0) is 13.7. The lowest BCUT2D eigenvalue weighted by atomic mass is 9.99. The molecule has 0 aliphatic rings. The second-order valence-corrected chi connectivity index (χ2v) is 10.6. The maximum atomic E-state index is 5.74. The summed E-state index contributed by atoms with van der Waals surface area (Å²) in [5.41, 5.74) is 0.941. The van der Waals surface area contributed by atoms with Gasteiger partial charge >= 0.3 is 0 Å². The predicted molar refractivity (Wildman–Crippen MR) is 78.7 cm³/mol. The monoisotopic (exact) mass is 276 g/mol. The van der Waals surface area contributed by atoms with E-state index in [4.69, 9.17) is 13.6 Å². The van der Waals surface area contributed by atoms with Crippen LogP contribution in [0.1, 0.15) is 27.7 Å². The maximum absolute atomic E-state index is 5.74. The minimum atomic E-state index is -1.42. The number of allylic oxidation sites excluding steroid dienone is 1. The lowest BCUT2D eigenvalue weighted by molar-refractivity contribution is 0.127. The largest absolute Gasteiger partial charge is 0.496 e. The zero-order valence-electron chi connectivity index (χ0n) is 12.6. The van der Waals surface area contributed by atoms with Gasteiger partial charge < -0.3 is 13.6 Å². The average Bonchev–Trinajstić information content (AvgIpc) is 2.21. The Kier molecular flexibility index (Phi) is 6.68. The zero-order valence-corrected chi connectivity index (χ0v) is 15.6. The average molecular weight is 277 g/mol. The molecular weight excluding hydrogens is 248 g/mol. The SMILES string of the molecule is CC(OCCO[Si](C)(C)C)=C(C)C(C)(C)O[SiH3]. The number of hydrogen-bond acceptors (Lipinski definition) is 3. The van der Waals surface area contributed by atoms with Crippen LogP contribution in [-0.4, -0.2) is 37.6 Å². The first-order chi connectivity index (χ1) is 7.60. The van der Waals surface area contributed by atoms with Gasteiger partial charge in [0, 0.05) is 0 Å². The van der Waals surface area contributed by atoms with E-state index in [-0.39, 0.29) is 5.60 Å². The molecule has 0 heterocycles. The van der Waals surface area contributed by atoms with Crippen LogP contribution in [0.3, 0.4) is 0 Å². The minimum absolute atomic E-state index is 0.212. The Morgan fingerprint density at radius 1 is 1.12 bits per heavy atom. The molecule has 0 radical (unpaired) electrons. The van der Waals surface area contributed by atoms with E-state index >= 15 is 0 Å². The minimum Gasteiger partial charge on any atom is -0.496 e. The van der Waals surface area contributed by atoms with E-state index in [1.54, 1.807) is 0 Å². The summed E-state index contributed by atoms with van der Waals surface area (Å²) in [6.45, 7) is 16.0. The fourth-order valence-electron chi connectivity index (χ4n) is 1.23. The molecule has 0 bridgehead atoms. The van der Waals surface area contributed by atoms with Crippen molar-refractivity contribution in [3.05, 3.63) is 11.3 Å². The Morgan fingerprint density at radius 2 is 1.65 bits per heavy atom. The van der Waals surface area contributed by atoms with Crippen molar-refractivity contribution in [3.8, 4) is 0 Å². The second kappa shape index (κ2) is 6.73. The first-order valence-corrected chi connectivity index (χ1v) is 10.3. The fourth-order valence-corrected chi connectivity index (χ4v) is 2.23. The van der Waals surface area contributed by atoms with Crippen LogP contribution >= 0.6 is 0 Å². The highest BCUT2D eigenvalue weighted by Gasteiger charge is 2.21. The molecule has 0 atom stereocenters. The summed E-state index contributed by atoms with van der Waals surface area (Å²) < 4.78 is 17.0. The van der Waals surface area contributed by atoms with Crippen molar-refractivity contribution in [1.82, 2.24) is 0 Å². The summed E-state index contributed by atoms with van der Waals surface area (Å²) in [4.78, 5) is 0. The molecule has 0 aromatic heterocycles. The third-order valence-electron chi connectivity index (χ3n) is 2.88. The summed E-state index contributed by atoms with van der Waals surface area (Å²) in [7, 11) is -0.684. The van der Waals surface area contributed by atoms with Gasteiger partial charge in [0.1, 0.15) is 17.1 Å². The van der Waals surface area contributed by atoms with Crippen LogP contribution in [0.25, 0.3) is 0 Å². The van der Waals surface area contributed by atoms with E-state index in [9.17, 15) is 0 Å². The summed E-state index contributed by atoms with van der Waals surface area (Å²) in [5.74, 6) is 0.949. The van der Waals surface area contributed by atoms with Gasteiger partial charge in [-0.25, -0.2) is 0 Å². The van der Waals surface area contributed by atoms with Crippen LogP contribution in [0.4, 0.5) is 0 Å². The van der Waals surface area contributed by atoms with Gasteiger partial charge in [-0.05, 0) is 52.9 Å². The molecule has 0 aromatic rings. The predicted octanol–water partition coefficient (Wildman–Crippen LogP) is 2.22. The molecule has 5 heteroatoms. The Labute approximate surface area is 110 Å². The van der Waals surface area contributed by atoms with Crippen molar-refractivity contribution in [3.63, 3.8) is 0 Å². The highest BCUT2D eigenvalue weighted by atomic mass is 28.4. The van der Waals surface area contributed by atoms with Crippen molar-refractivity contribution in [2.45, 2.75) is 52.9 Å². The lowest BCUT2D eigenvalue weighted by Crippen LogP contribution is -2.28. The molecule has 0 rings (SSSR count). The molecule has 0 aliphatic carbocycles. The van der Waals surface area contributed by atoms with Gasteiger partial charge in [-0.1, -0.05) is 0 Å². The van der Waals surface area contributed by atoms with Crippen LogP contribution in [0, 0.1) is 0 Å². The molecule has 0 aliphatic heterocycles. The van der Waals surface area contributed by atoms with Gasteiger partial charge in [-0.3, -0.25) is 0 Å². The van der Waals surface area contributed by atoms with Crippen LogP contribution < -0.4 is 0 Å². The molecule has 0 amide bonds. The molecule has 17 heavy (non-hydrogen) atoms. The molecule has 0 aromatic carbocycles. The molecular formula is C12H28O3Si2. The summed E-state index contributed by atoms with van der Waals surface area (Å²) in [6, 6.07) is 0. The lowest BCUT2D eigenvalue weighted by Gasteiger charge is -2.27. The van der Waals surface area contributed by atoms with E-state index in [0.717, 1.165) is 21.8 Å². The third kappa shape index (κ3) is 7.03. The van der Waals surface area contributed by atoms with Crippen molar-refractivity contribution in [2.24, 2.45) is 0 Å². The van der Waals surface area contributed by atoms with E-state index in [0.29, 0.717) is 13.2 Å². The normalized spacial score (nSPS) is 14.8. The highest BCUT2D eigenvalue weighted by Crippen LogP contribution is 2.22. The van der Waals surface area contributed by atoms with Crippen molar-refractivity contribution >= 4 is 18.8 Å². The second-order valence-electron chi connectivity index (χ2n) is 5.70. The summed E-state index contributed by atoms with van der Waals surface area (Å²) in [6.07, 6.45) is 0. The van der Waals surface area contributed by atoms with Gasteiger partial charge in [-0.2, -0.15) is 0 Å². The first kappa shape index (κ1) is 16.9. The van der Waals surface area contributed by atoms with E-state index < -0.39 is 8.32 Å². The Bertz CT molecular complexity index is 267. The number of hydrogen-bond donors (Lipinski definition) is 0. The summed E-state index contributed by atoms with van der Waals surface area (Å²) >= 11 is 0. The smallest absolute Gasteiger partial charge is 0.183 e. The summed E-state index contributed by atoms with van der Waals surface area (Å²) in [5, 5.41) is 0. The third-order valence-corrected chi connectivity index (χ3v) is 4.97. The van der Waals surface area contributed by atoms with Crippen molar-refractivity contribution in [1.29, 1.82) is 0 Å². The van der Waals surface area contributed by atoms with Crippen molar-refractivity contribution < 1.29 is 13.6 Å². The molecule has 0 N–H and O–H groups in total. The van der Waals surface area contributed by atoms with Crippen LogP contribution in [0.5, 0.6) is 0 Å². The Balaban J connectivity index is 4.18. The van der Waals surface area contributed by atoms with Crippen LogP contribution in [0.2, 0.25) is 19.6 Å². The van der Waals surface area contributed by atoms with Crippen LogP contribution in [0.15, 0.2) is 11.3 Å². The quantitative estimate of drug-likeness (QED) is 0.405. The Hall–Kier alpha value is -0.106. The van der Waals surface area contributed by atoms with Gasteiger partial charge in [0.05, 0.1) is 18.0 Å². The molecule has 0 saturated heterocycles. The topological polar surface area (TPSA) is 27.7 Å². The first-order valence-electron chi connectivity index (χ1n) is 6.10. The van der Waals surface area contributed by atoms with Gasteiger partial charge in [-0.15, -0.1) is 0 Å². The van der Waals surface area contributed by atoms with Gasteiger partial charge in [0.15, 0.2) is 8.32 Å². The highest BCUT2D eigenvalue weighted by molar-refractivity contribution is 6.69. The molecule has 0 spiro atoms. The molecule has 0 saturated carbocycles. The Morgan fingerprint density at radius 3 is 2.06 bits per heavy atom. The van der Waals surface area contributed by atoms with Gasteiger partial charge in [0.25, 0.3) is 0 Å². The van der Waals surface area contributed by atoms with Gasteiger partial charge in [0.2, 0.25) is 0 Å². The maximum Gasteiger partial charge on any atom is 0.183 e. The van der Waals surface area contributed by atoms with E-state index in [2.05, 4.69) is 40.4 Å². The van der Waals surface area contributed by atoms with E-state index in [1.165, 1.54) is 0 Å². The molecule has 3 nitrogen and oxygen atoms in total. The fraction of sp³-hybridized carbons (Fsp3) is 0.833. The van der Waals surface area contributed by atoms with Crippen LogP contribution in [-0.2, 0) is 13.6 Å². The standard InChI is InChI=1S/C12H28O3Si2/c1-10(12(3,4)15-16)11(2)13-8-9-14-17(5,6)7/h8-9H2,1-7,16H3. The van der Waals surface area contributed by atoms with Crippen molar-refractivity contribution in [2.75, 3.05) is 13.2 Å². The number of rotatable bonds is 7. The molecule has 0 fully saturated rings.